The second kappa shape index (κ2) is 16.7. The summed E-state index contributed by atoms with van der Waals surface area (Å²) in [5.41, 5.74) is 2.18. The summed E-state index contributed by atoms with van der Waals surface area (Å²) in [6.07, 6.45) is 0.918. The number of alkyl carbamates (subject to hydrolysis) is 1. The van der Waals surface area contributed by atoms with Gasteiger partial charge in [0, 0.05) is 25.9 Å². The van der Waals surface area contributed by atoms with Crippen LogP contribution in [0.3, 0.4) is 0 Å². The van der Waals surface area contributed by atoms with Gasteiger partial charge in [-0.25, -0.2) is 4.79 Å². The number of rotatable bonds is 14. The first-order valence-electron chi connectivity index (χ1n) is 14.6. The van der Waals surface area contributed by atoms with Crippen molar-refractivity contribution < 1.29 is 14.3 Å². The number of nitriles is 2. The zero-order chi connectivity index (χ0) is 31.1. The number of hydrogen-bond donors (Lipinski definition) is 2. The van der Waals surface area contributed by atoms with Gasteiger partial charge in [-0.3, -0.25) is 9.69 Å². The van der Waals surface area contributed by atoms with Gasteiger partial charge >= 0.3 is 6.09 Å². The number of nitrogens with zero attached hydrogens (tertiary/aromatic N) is 3. The van der Waals surface area contributed by atoms with Crippen molar-refractivity contribution in [3.63, 3.8) is 0 Å². The summed E-state index contributed by atoms with van der Waals surface area (Å²) in [5, 5.41) is 26.7. The number of benzene rings is 3. The standard InChI is InChI=1S/C35H41N5O3/c1-35(2,3)43-34(42)38-21-13-20-32(33(41)39-26-29-18-11-6-12-19-29)40(30(24-36)22-27-14-7-4-8-15-27)31(25-37)23-28-16-9-5-10-17-28/h4-12,14-19,30-32H,13,20-23,26H2,1-3H3,(H,38,42)(H,39,41)/t30?,31?,32-/m0/s1. The van der Waals surface area contributed by atoms with Crippen LogP contribution < -0.4 is 10.6 Å². The molecule has 0 bridgehead atoms. The molecule has 2 N–H and O–H groups in total. The van der Waals surface area contributed by atoms with Crippen LogP contribution in [0.1, 0.15) is 50.3 Å². The molecule has 224 valence electrons. The topological polar surface area (TPSA) is 118 Å². The first-order chi connectivity index (χ1) is 20.7. The number of ether oxygens (including phenoxy) is 1. The van der Waals surface area contributed by atoms with E-state index < -0.39 is 29.8 Å². The first kappa shape index (κ1) is 32.8. The highest BCUT2D eigenvalue weighted by molar-refractivity contribution is 5.82. The molecule has 2 amide bonds. The molecule has 2 unspecified atom stereocenters. The lowest BCUT2D eigenvalue weighted by atomic mass is 9.95. The minimum absolute atomic E-state index is 0.275. The molecule has 0 heterocycles. The summed E-state index contributed by atoms with van der Waals surface area (Å²) in [4.78, 5) is 27.9. The van der Waals surface area contributed by atoms with E-state index >= 15 is 0 Å². The van der Waals surface area contributed by atoms with Crippen LogP contribution in [0, 0.1) is 22.7 Å². The Morgan fingerprint density at radius 1 is 0.767 bits per heavy atom. The third kappa shape index (κ3) is 11.3. The lowest BCUT2D eigenvalue weighted by molar-refractivity contribution is -0.128. The van der Waals surface area contributed by atoms with Gasteiger partial charge in [0.15, 0.2) is 0 Å². The summed E-state index contributed by atoms with van der Waals surface area (Å²) in [6, 6.07) is 31.3. The Morgan fingerprint density at radius 3 is 1.67 bits per heavy atom. The maximum atomic E-state index is 13.9. The highest BCUT2D eigenvalue weighted by atomic mass is 16.6. The smallest absolute Gasteiger partial charge is 0.407 e. The van der Waals surface area contributed by atoms with Gasteiger partial charge in [0.2, 0.25) is 5.91 Å². The van der Waals surface area contributed by atoms with Gasteiger partial charge in [0.1, 0.15) is 17.7 Å². The quantitative estimate of drug-likeness (QED) is 0.242. The lowest BCUT2D eigenvalue weighted by Gasteiger charge is -2.37. The monoisotopic (exact) mass is 579 g/mol. The van der Waals surface area contributed by atoms with E-state index in [1.165, 1.54) is 0 Å². The third-order valence-corrected chi connectivity index (χ3v) is 6.86. The summed E-state index contributed by atoms with van der Waals surface area (Å²) in [5.74, 6) is -0.275. The second-order valence-corrected chi connectivity index (χ2v) is 11.4. The Balaban J connectivity index is 1.91. The molecule has 8 heteroatoms. The molecule has 0 aliphatic carbocycles. The normalized spacial score (nSPS) is 13.2. The molecular weight excluding hydrogens is 538 g/mol. The molecule has 0 spiro atoms. The Labute approximate surface area is 255 Å². The zero-order valence-corrected chi connectivity index (χ0v) is 25.2. The predicted octanol–water partition coefficient (Wildman–Crippen LogP) is 5.55. The van der Waals surface area contributed by atoms with Crippen LogP contribution in [0.4, 0.5) is 4.79 Å². The SMILES string of the molecule is CC(C)(C)OC(=O)NCCC[C@@H](C(=O)NCc1ccccc1)N(C(C#N)Cc1ccccc1)C(C#N)Cc1ccccc1. The fourth-order valence-corrected chi connectivity index (χ4v) is 4.88. The van der Waals surface area contributed by atoms with Crippen LogP contribution in [0.5, 0.6) is 0 Å². The Kier molecular flexibility index (Phi) is 12.8. The summed E-state index contributed by atoms with van der Waals surface area (Å²) >= 11 is 0. The van der Waals surface area contributed by atoms with Crippen molar-refractivity contribution in [2.45, 2.75) is 76.7 Å². The number of carbonyl (C=O) groups is 2. The van der Waals surface area contributed by atoms with E-state index in [0.717, 1.165) is 16.7 Å². The van der Waals surface area contributed by atoms with Gasteiger partial charge in [0.25, 0.3) is 0 Å². The Hall–Kier alpha value is -4.66. The highest BCUT2D eigenvalue weighted by Gasteiger charge is 2.37. The summed E-state index contributed by atoms with van der Waals surface area (Å²) in [6.45, 7) is 5.96. The third-order valence-electron chi connectivity index (χ3n) is 6.86. The van der Waals surface area contributed by atoms with Crippen molar-refractivity contribution >= 4 is 12.0 Å². The molecule has 0 aliphatic rings. The summed E-state index contributed by atoms with van der Waals surface area (Å²) in [7, 11) is 0. The van der Waals surface area contributed by atoms with E-state index in [2.05, 4.69) is 22.8 Å². The number of hydrogen-bond acceptors (Lipinski definition) is 6. The zero-order valence-electron chi connectivity index (χ0n) is 25.2. The van der Waals surface area contributed by atoms with Gasteiger partial charge < -0.3 is 15.4 Å². The second-order valence-electron chi connectivity index (χ2n) is 11.4. The largest absolute Gasteiger partial charge is 0.444 e. The Morgan fingerprint density at radius 2 is 1.23 bits per heavy atom. The van der Waals surface area contributed by atoms with Gasteiger partial charge in [-0.05, 0) is 50.3 Å². The molecule has 0 fully saturated rings. The molecule has 0 radical (unpaired) electrons. The van der Waals surface area contributed by atoms with E-state index in [1.807, 2.05) is 91.0 Å². The average Bonchev–Trinajstić information content (AvgIpc) is 3.00. The van der Waals surface area contributed by atoms with Gasteiger partial charge in [-0.1, -0.05) is 91.0 Å². The fourth-order valence-electron chi connectivity index (χ4n) is 4.88. The maximum absolute atomic E-state index is 13.9. The average molecular weight is 580 g/mol. The Bertz CT molecular complexity index is 1300. The molecule has 8 nitrogen and oxygen atoms in total. The van der Waals surface area contributed by atoms with Gasteiger partial charge in [-0.2, -0.15) is 10.5 Å². The molecule has 3 aromatic carbocycles. The van der Waals surface area contributed by atoms with Crippen molar-refractivity contribution in [2.75, 3.05) is 6.54 Å². The van der Waals surface area contributed by atoms with Crippen LogP contribution >= 0.6 is 0 Å². The molecule has 3 rings (SSSR count). The van der Waals surface area contributed by atoms with Crippen LogP contribution in [0.2, 0.25) is 0 Å². The molecule has 0 saturated carbocycles. The van der Waals surface area contributed by atoms with Crippen molar-refractivity contribution in [2.24, 2.45) is 0 Å². The molecule has 0 aliphatic heterocycles. The van der Waals surface area contributed by atoms with Crippen molar-refractivity contribution in [3.8, 4) is 12.1 Å². The minimum Gasteiger partial charge on any atom is -0.444 e. The van der Waals surface area contributed by atoms with Crippen LogP contribution in [-0.4, -0.2) is 47.2 Å². The van der Waals surface area contributed by atoms with Crippen molar-refractivity contribution in [1.82, 2.24) is 15.5 Å². The van der Waals surface area contributed by atoms with Crippen LogP contribution in [0.15, 0.2) is 91.0 Å². The van der Waals surface area contributed by atoms with Crippen molar-refractivity contribution in [3.05, 3.63) is 108 Å². The van der Waals surface area contributed by atoms with Crippen LogP contribution in [0.25, 0.3) is 0 Å². The highest BCUT2D eigenvalue weighted by Crippen LogP contribution is 2.22. The van der Waals surface area contributed by atoms with E-state index in [0.29, 0.717) is 32.2 Å². The number of nitrogens with one attached hydrogen (secondary N) is 2. The molecule has 0 aromatic heterocycles. The first-order valence-corrected chi connectivity index (χ1v) is 14.6. The van der Waals surface area contributed by atoms with Gasteiger partial charge in [0.05, 0.1) is 18.2 Å². The summed E-state index contributed by atoms with van der Waals surface area (Å²) < 4.78 is 5.35. The molecule has 43 heavy (non-hydrogen) atoms. The lowest BCUT2D eigenvalue weighted by Crippen LogP contribution is -2.56. The predicted molar refractivity (Wildman–Crippen MR) is 166 cm³/mol. The minimum atomic E-state index is -0.800. The maximum Gasteiger partial charge on any atom is 0.407 e. The number of carbonyl (C=O) groups excluding carboxylic acids is 2. The molecule has 3 aromatic rings. The van der Waals surface area contributed by atoms with E-state index in [1.54, 1.807) is 25.7 Å². The van der Waals surface area contributed by atoms with Gasteiger partial charge in [-0.15, -0.1) is 0 Å². The van der Waals surface area contributed by atoms with E-state index in [4.69, 9.17) is 4.74 Å². The molecule has 3 atom stereocenters. The van der Waals surface area contributed by atoms with E-state index in [9.17, 15) is 20.1 Å². The van der Waals surface area contributed by atoms with Crippen molar-refractivity contribution in [1.29, 1.82) is 10.5 Å². The number of amides is 2. The molecular formula is C35H41N5O3. The molecule has 0 saturated heterocycles. The van der Waals surface area contributed by atoms with E-state index in [-0.39, 0.29) is 12.5 Å². The fraction of sp³-hybridized carbons (Fsp3) is 0.371. The van der Waals surface area contributed by atoms with Crippen LogP contribution in [-0.2, 0) is 28.9 Å².